The molecule has 5 nitrogen and oxygen atoms in total. The number of nitrogens with one attached hydrogen (secondary N) is 1. The van der Waals surface area contributed by atoms with Crippen molar-refractivity contribution >= 4 is 5.97 Å². The Labute approximate surface area is 125 Å². The van der Waals surface area contributed by atoms with Crippen LogP contribution in [0.25, 0.3) is 0 Å². The fourth-order valence-corrected chi connectivity index (χ4v) is 2.52. The molecule has 0 bridgehead atoms. The van der Waals surface area contributed by atoms with Crippen molar-refractivity contribution in [1.82, 2.24) is 5.32 Å². The van der Waals surface area contributed by atoms with Gasteiger partial charge in [-0.2, -0.15) is 0 Å². The fraction of sp³-hybridized carbons (Fsp3) is 0.562. The molecule has 1 aliphatic rings. The molecule has 1 atom stereocenters. The summed E-state index contributed by atoms with van der Waals surface area (Å²) in [5, 5.41) is 3.11. The normalized spacial score (nSPS) is 16.9. The SMILES string of the molecule is CCOc1ccccc1OCC(NC)(C(=O)OC)C1CC1. The van der Waals surface area contributed by atoms with Crippen LogP contribution in [-0.4, -0.2) is 38.9 Å². The highest BCUT2D eigenvalue weighted by molar-refractivity contribution is 5.82. The van der Waals surface area contributed by atoms with Gasteiger partial charge in [-0.1, -0.05) is 12.1 Å². The Hall–Kier alpha value is -1.75. The molecular weight excluding hydrogens is 270 g/mol. The highest BCUT2D eigenvalue weighted by atomic mass is 16.5. The van der Waals surface area contributed by atoms with E-state index in [0.29, 0.717) is 18.1 Å². The van der Waals surface area contributed by atoms with Crippen molar-refractivity contribution < 1.29 is 19.0 Å². The summed E-state index contributed by atoms with van der Waals surface area (Å²) < 4.78 is 16.4. The molecule has 2 rings (SSSR count). The standard InChI is InChI=1S/C16H23NO4/c1-4-20-13-7-5-6-8-14(13)21-11-16(17-2,12-9-10-12)15(18)19-3/h5-8,12,17H,4,9-11H2,1-3H3. The van der Waals surface area contributed by atoms with Crippen LogP contribution in [0.3, 0.4) is 0 Å². The van der Waals surface area contributed by atoms with Crippen molar-refractivity contribution in [1.29, 1.82) is 0 Å². The molecule has 0 radical (unpaired) electrons. The van der Waals surface area contributed by atoms with Crippen LogP contribution in [0.5, 0.6) is 11.5 Å². The average molecular weight is 293 g/mol. The quantitative estimate of drug-likeness (QED) is 0.743. The largest absolute Gasteiger partial charge is 0.490 e. The van der Waals surface area contributed by atoms with Gasteiger partial charge in [-0.05, 0) is 44.9 Å². The second-order valence-corrected chi connectivity index (χ2v) is 5.16. The van der Waals surface area contributed by atoms with E-state index in [1.54, 1.807) is 7.05 Å². The summed E-state index contributed by atoms with van der Waals surface area (Å²) in [6.07, 6.45) is 2.01. The van der Waals surface area contributed by atoms with Crippen molar-refractivity contribution in [2.75, 3.05) is 27.4 Å². The number of rotatable bonds is 8. The number of carbonyl (C=O) groups is 1. The molecule has 1 aromatic rings. The summed E-state index contributed by atoms with van der Waals surface area (Å²) >= 11 is 0. The van der Waals surface area contributed by atoms with Crippen molar-refractivity contribution in [2.24, 2.45) is 5.92 Å². The Morgan fingerprint density at radius 3 is 2.38 bits per heavy atom. The number of likely N-dealkylation sites (N-methyl/N-ethyl adjacent to an activating group) is 1. The van der Waals surface area contributed by atoms with Crippen LogP contribution in [0.2, 0.25) is 0 Å². The van der Waals surface area contributed by atoms with Crippen molar-refractivity contribution in [3.05, 3.63) is 24.3 Å². The Morgan fingerprint density at radius 2 is 1.90 bits per heavy atom. The molecule has 1 unspecified atom stereocenters. The van der Waals surface area contributed by atoms with Gasteiger partial charge in [-0.15, -0.1) is 0 Å². The van der Waals surface area contributed by atoms with Crippen molar-refractivity contribution in [3.8, 4) is 11.5 Å². The first kappa shape index (κ1) is 15.6. The molecule has 1 saturated carbocycles. The van der Waals surface area contributed by atoms with Gasteiger partial charge in [0.05, 0.1) is 13.7 Å². The summed E-state index contributed by atoms with van der Waals surface area (Å²) in [5.41, 5.74) is -0.784. The lowest BCUT2D eigenvalue weighted by Gasteiger charge is -2.30. The Morgan fingerprint density at radius 1 is 1.29 bits per heavy atom. The molecule has 1 fully saturated rings. The van der Waals surface area contributed by atoms with Gasteiger partial charge >= 0.3 is 5.97 Å². The van der Waals surface area contributed by atoms with E-state index >= 15 is 0 Å². The molecule has 0 spiro atoms. The first-order valence-electron chi connectivity index (χ1n) is 7.30. The monoisotopic (exact) mass is 293 g/mol. The smallest absolute Gasteiger partial charge is 0.329 e. The predicted molar refractivity (Wildman–Crippen MR) is 79.6 cm³/mol. The lowest BCUT2D eigenvalue weighted by molar-refractivity contribution is -0.151. The lowest BCUT2D eigenvalue weighted by atomic mass is 9.94. The first-order chi connectivity index (χ1) is 10.2. The van der Waals surface area contributed by atoms with Gasteiger partial charge in [0.2, 0.25) is 0 Å². The number of hydrogen-bond acceptors (Lipinski definition) is 5. The minimum Gasteiger partial charge on any atom is -0.490 e. The maximum absolute atomic E-state index is 12.2. The number of esters is 1. The van der Waals surface area contributed by atoms with Gasteiger partial charge < -0.3 is 19.5 Å². The maximum Gasteiger partial charge on any atom is 0.329 e. The molecule has 0 aliphatic heterocycles. The average Bonchev–Trinajstić information content (AvgIpc) is 3.35. The third kappa shape index (κ3) is 3.29. The molecule has 1 aliphatic carbocycles. The zero-order valence-electron chi connectivity index (χ0n) is 12.8. The van der Waals surface area contributed by atoms with Crippen molar-refractivity contribution in [2.45, 2.75) is 25.3 Å². The van der Waals surface area contributed by atoms with E-state index in [0.717, 1.165) is 12.8 Å². The van der Waals surface area contributed by atoms with Gasteiger partial charge in [0.25, 0.3) is 0 Å². The highest BCUT2D eigenvalue weighted by Crippen LogP contribution is 2.41. The van der Waals surface area contributed by atoms with E-state index in [-0.39, 0.29) is 18.5 Å². The Kier molecular flexibility index (Phi) is 5.07. The van der Waals surface area contributed by atoms with E-state index < -0.39 is 5.54 Å². The van der Waals surface area contributed by atoms with Crippen LogP contribution in [0.1, 0.15) is 19.8 Å². The number of benzene rings is 1. The number of hydrogen-bond donors (Lipinski definition) is 1. The summed E-state index contributed by atoms with van der Waals surface area (Å²) in [5.74, 6) is 1.31. The van der Waals surface area contributed by atoms with E-state index in [1.807, 2.05) is 31.2 Å². The van der Waals surface area contributed by atoms with Gasteiger partial charge in [0, 0.05) is 0 Å². The van der Waals surface area contributed by atoms with Crippen LogP contribution < -0.4 is 14.8 Å². The molecule has 1 aromatic carbocycles. The van der Waals surface area contributed by atoms with Gasteiger partial charge in [0.15, 0.2) is 17.0 Å². The Bertz CT molecular complexity index is 487. The number of carbonyl (C=O) groups excluding carboxylic acids is 1. The van der Waals surface area contributed by atoms with E-state index in [4.69, 9.17) is 14.2 Å². The Balaban J connectivity index is 2.14. The molecule has 1 N–H and O–H groups in total. The second kappa shape index (κ2) is 6.80. The predicted octanol–water partition coefficient (Wildman–Crippen LogP) is 2.01. The van der Waals surface area contributed by atoms with E-state index in [9.17, 15) is 4.79 Å². The minimum atomic E-state index is -0.784. The van der Waals surface area contributed by atoms with Crippen molar-refractivity contribution in [3.63, 3.8) is 0 Å². The lowest BCUT2D eigenvalue weighted by Crippen LogP contribution is -2.57. The van der Waals surface area contributed by atoms with Gasteiger partial charge in [-0.3, -0.25) is 0 Å². The molecule has 0 heterocycles. The molecule has 0 saturated heterocycles. The number of ether oxygens (including phenoxy) is 3. The summed E-state index contributed by atoms with van der Waals surface area (Å²) in [7, 11) is 3.18. The molecular formula is C16H23NO4. The summed E-state index contributed by atoms with van der Waals surface area (Å²) in [6, 6.07) is 7.48. The minimum absolute atomic E-state index is 0.227. The van der Waals surface area contributed by atoms with Crippen LogP contribution in [0, 0.1) is 5.92 Å². The third-order valence-corrected chi connectivity index (χ3v) is 3.87. The molecule has 21 heavy (non-hydrogen) atoms. The topological polar surface area (TPSA) is 56.8 Å². The van der Waals surface area contributed by atoms with Crippen LogP contribution in [-0.2, 0) is 9.53 Å². The van der Waals surface area contributed by atoms with Gasteiger partial charge in [0.1, 0.15) is 6.61 Å². The van der Waals surface area contributed by atoms with Crippen LogP contribution in [0.15, 0.2) is 24.3 Å². The number of para-hydroxylation sites is 2. The maximum atomic E-state index is 12.2. The zero-order chi connectivity index (χ0) is 15.3. The van der Waals surface area contributed by atoms with Crippen LogP contribution >= 0.6 is 0 Å². The van der Waals surface area contributed by atoms with Gasteiger partial charge in [-0.25, -0.2) is 4.79 Å². The fourth-order valence-electron chi connectivity index (χ4n) is 2.52. The van der Waals surface area contributed by atoms with E-state index in [2.05, 4.69) is 5.32 Å². The molecule has 0 amide bonds. The summed E-state index contributed by atoms with van der Waals surface area (Å²) in [4.78, 5) is 12.2. The highest BCUT2D eigenvalue weighted by Gasteiger charge is 2.52. The number of methoxy groups -OCH3 is 1. The second-order valence-electron chi connectivity index (χ2n) is 5.16. The first-order valence-corrected chi connectivity index (χ1v) is 7.30. The summed E-state index contributed by atoms with van der Waals surface area (Å²) in [6.45, 7) is 2.72. The third-order valence-electron chi connectivity index (χ3n) is 3.87. The van der Waals surface area contributed by atoms with E-state index in [1.165, 1.54) is 7.11 Å². The molecule has 5 heteroatoms. The van der Waals surface area contributed by atoms with Crippen LogP contribution in [0.4, 0.5) is 0 Å². The molecule has 116 valence electrons. The zero-order valence-corrected chi connectivity index (χ0v) is 12.8. The molecule has 0 aromatic heterocycles.